The summed E-state index contributed by atoms with van der Waals surface area (Å²) in [5.74, 6) is 1.33. The summed E-state index contributed by atoms with van der Waals surface area (Å²) in [6.45, 7) is 3.93. The zero-order valence-electron chi connectivity index (χ0n) is 8.90. The van der Waals surface area contributed by atoms with E-state index in [9.17, 15) is 0 Å². The molecule has 0 amide bonds. The summed E-state index contributed by atoms with van der Waals surface area (Å²) >= 11 is 5.56. The molecular formula is C11H15ClN2O. The van der Waals surface area contributed by atoms with E-state index in [0.29, 0.717) is 11.5 Å². The molecule has 0 aromatic heterocycles. The Labute approximate surface area is 94.9 Å². The highest BCUT2D eigenvalue weighted by Gasteiger charge is 2.03. The molecule has 15 heavy (non-hydrogen) atoms. The molecule has 0 saturated heterocycles. The highest BCUT2D eigenvalue weighted by molar-refractivity contribution is 6.28. The Morgan fingerprint density at radius 1 is 1.47 bits per heavy atom. The Balaban J connectivity index is 2.96. The van der Waals surface area contributed by atoms with Gasteiger partial charge in [-0.05, 0) is 26.0 Å². The van der Waals surface area contributed by atoms with Crippen LogP contribution in [-0.2, 0) is 0 Å². The third-order valence-corrected chi connectivity index (χ3v) is 1.90. The molecule has 0 radical (unpaired) electrons. The minimum Gasteiger partial charge on any atom is -0.489 e. The van der Waals surface area contributed by atoms with Crippen molar-refractivity contribution in [1.29, 1.82) is 0 Å². The van der Waals surface area contributed by atoms with E-state index in [4.69, 9.17) is 22.1 Å². The summed E-state index contributed by atoms with van der Waals surface area (Å²) < 4.78 is 5.58. The minimum atomic E-state index is 0.110. The summed E-state index contributed by atoms with van der Waals surface area (Å²) in [5.41, 5.74) is 6.28. The summed E-state index contributed by atoms with van der Waals surface area (Å²) in [4.78, 5) is 4.17. The van der Waals surface area contributed by atoms with Crippen molar-refractivity contribution in [2.45, 2.75) is 20.0 Å². The smallest absolute Gasteiger partial charge is 0.145 e. The van der Waals surface area contributed by atoms with Gasteiger partial charge >= 0.3 is 0 Å². The van der Waals surface area contributed by atoms with E-state index in [-0.39, 0.29) is 12.0 Å². The second kappa shape index (κ2) is 5.61. The maximum atomic E-state index is 5.58. The van der Waals surface area contributed by atoms with Crippen LogP contribution >= 0.6 is 11.6 Å². The Kier molecular flexibility index (Phi) is 4.43. The zero-order valence-corrected chi connectivity index (χ0v) is 9.66. The lowest BCUT2D eigenvalue weighted by atomic mass is 10.3. The molecule has 4 heteroatoms. The fourth-order valence-electron chi connectivity index (χ4n) is 1.09. The number of hydrogen-bond donors (Lipinski definition) is 1. The number of halogens is 1. The molecule has 0 aliphatic carbocycles. The van der Waals surface area contributed by atoms with Gasteiger partial charge < -0.3 is 10.5 Å². The molecule has 0 aliphatic rings. The normalized spacial score (nSPS) is 11.9. The van der Waals surface area contributed by atoms with E-state index in [0.717, 1.165) is 5.75 Å². The molecule has 3 nitrogen and oxygen atoms in total. The minimum absolute atomic E-state index is 0.110. The van der Waals surface area contributed by atoms with Gasteiger partial charge in [-0.25, -0.2) is 4.99 Å². The van der Waals surface area contributed by atoms with Crippen molar-refractivity contribution < 1.29 is 4.74 Å². The Bertz CT molecular complexity index is 350. The van der Waals surface area contributed by atoms with E-state index in [1.54, 1.807) is 0 Å². The lowest BCUT2D eigenvalue weighted by molar-refractivity contribution is 0.243. The van der Waals surface area contributed by atoms with Gasteiger partial charge in [0.15, 0.2) is 0 Å². The van der Waals surface area contributed by atoms with Crippen molar-refractivity contribution in [3.05, 3.63) is 24.3 Å². The van der Waals surface area contributed by atoms with E-state index < -0.39 is 0 Å². The second-order valence-corrected chi connectivity index (χ2v) is 3.64. The first-order valence-electron chi connectivity index (χ1n) is 4.78. The molecule has 2 N–H and O–H groups in total. The van der Waals surface area contributed by atoms with Gasteiger partial charge in [0, 0.05) is 0 Å². The largest absolute Gasteiger partial charge is 0.489 e. The predicted octanol–water partition coefficient (Wildman–Crippen LogP) is 2.70. The summed E-state index contributed by atoms with van der Waals surface area (Å²) in [7, 11) is 0. The molecule has 1 aromatic carbocycles. The van der Waals surface area contributed by atoms with Gasteiger partial charge in [0.25, 0.3) is 0 Å². The number of ether oxygens (including phenoxy) is 1. The van der Waals surface area contributed by atoms with E-state index in [1.165, 1.54) is 0 Å². The van der Waals surface area contributed by atoms with Crippen molar-refractivity contribution in [2.24, 2.45) is 10.7 Å². The molecule has 1 aromatic rings. The number of benzene rings is 1. The summed E-state index contributed by atoms with van der Waals surface area (Å²) in [6.07, 6.45) is 0.110. The average Bonchev–Trinajstić information content (AvgIpc) is 2.20. The topological polar surface area (TPSA) is 47.6 Å². The standard InChI is InChI=1S/C11H15ClN2O/c1-8(2)15-10-6-4-3-5-9(10)14-11(13)7-12/h3-6,8H,7H2,1-2H3,(H2,13,14). The van der Waals surface area contributed by atoms with Crippen LogP contribution in [0, 0.1) is 0 Å². The number of nitrogens with two attached hydrogens (primary N) is 1. The monoisotopic (exact) mass is 226 g/mol. The van der Waals surface area contributed by atoms with Gasteiger partial charge in [0.05, 0.1) is 12.0 Å². The number of rotatable bonds is 4. The van der Waals surface area contributed by atoms with Crippen molar-refractivity contribution in [2.75, 3.05) is 5.88 Å². The van der Waals surface area contributed by atoms with Crippen LogP contribution in [0.5, 0.6) is 5.75 Å². The molecule has 0 unspecified atom stereocenters. The van der Waals surface area contributed by atoms with Gasteiger partial charge in [-0.15, -0.1) is 11.6 Å². The Hall–Kier alpha value is -1.22. The van der Waals surface area contributed by atoms with E-state index in [2.05, 4.69) is 4.99 Å². The predicted molar refractivity (Wildman–Crippen MR) is 64.2 cm³/mol. The number of nitrogens with zero attached hydrogens (tertiary/aromatic N) is 1. The maximum absolute atomic E-state index is 5.58. The maximum Gasteiger partial charge on any atom is 0.145 e. The van der Waals surface area contributed by atoms with Gasteiger partial charge in [-0.2, -0.15) is 0 Å². The van der Waals surface area contributed by atoms with Gasteiger partial charge in [0.1, 0.15) is 17.3 Å². The van der Waals surface area contributed by atoms with Crippen LogP contribution in [0.2, 0.25) is 0 Å². The first-order chi connectivity index (χ1) is 7.13. The van der Waals surface area contributed by atoms with Crippen LogP contribution in [0.1, 0.15) is 13.8 Å². The van der Waals surface area contributed by atoms with Crippen molar-refractivity contribution in [1.82, 2.24) is 0 Å². The van der Waals surface area contributed by atoms with E-state index in [1.807, 2.05) is 38.1 Å². The average molecular weight is 227 g/mol. The van der Waals surface area contributed by atoms with Crippen LogP contribution in [0.15, 0.2) is 29.3 Å². The Morgan fingerprint density at radius 3 is 2.73 bits per heavy atom. The van der Waals surface area contributed by atoms with Crippen molar-refractivity contribution >= 4 is 23.1 Å². The van der Waals surface area contributed by atoms with Crippen LogP contribution < -0.4 is 10.5 Å². The molecule has 0 heterocycles. The number of aliphatic imine (C=N–C) groups is 1. The Morgan fingerprint density at radius 2 is 2.13 bits per heavy atom. The molecule has 0 atom stereocenters. The quantitative estimate of drug-likeness (QED) is 0.488. The first-order valence-corrected chi connectivity index (χ1v) is 5.31. The van der Waals surface area contributed by atoms with Crippen LogP contribution in [-0.4, -0.2) is 17.8 Å². The van der Waals surface area contributed by atoms with Gasteiger partial charge in [-0.3, -0.25) is 0 Å². The molecule has 0 spiro atoms. The fraction of sp³-hybridized carbons (Fsp3) is 0.364. The summed E-state index contributed by atoms with van der Waals surface area (Å²) in [6, 6.07) is 7.48. The van der Waals surface area contributed by atoms with Crippen molar-refractivity contribution in [3.8, 4) is 5.75 Å². The first kappa shape index (κ1) is 11.9. The highest BCUT2D eigenvalue weighted by atomic mass is 35.5. The number of amidine groups is 1. The molecule has 82 valence electrons. The molecule has 0 saturated carbocycles. The second-order valence-electron chi connectivity index (χ2n) is 3.37. The molecule has 0 bridgehead atoms. The fourth-order valence-corrected chi connectivity index (χ4v) is 1.15. The SMILES string of the molecule is CC(C)Oc1ccccc1N=C(N)CCl. The molecule has 0 aliphatic heterocycles. The molecule has 0 fully saturated rings. The van der Waals surface area contributed by atoms with Crippen LogP contribution in [0.4, 0.5) is 5.69 Å². The van der Waals surface area contributed by atoms with Crippen LogP contribution in [0.25, 0.3) is 0 Å². The zero-order chi connectivity index (χ0) is 11.3. The molecule has 1 rings (SSSR count). The highest BCUT2D eigenvalue weighted by Crippen LogP contribution is 2.27. The van der Waals surface area contributed by atoms with Crippen molar-refractivity contribution in [3.63, 3.8) is 0 Å². The third kappa shape index (κ3) is 3.80. The van der Waals surface area contributed by atoms with E-state index >= 15 is 0 Å². The van der Waals surface area contributed by atoms with Gasteiger partial charge in [-0.1, -0.05) is 12.1 Å². The summed E-state index contributed by atoms with van der Waals surface area (Å²) in [5, 5.41) is 0. The number of hydrogen-bond acceptors (Lipinski definition) is 2. The lowest BCUT2D eigenvalue weighted by Gasteiger charge is -2.11. The number of para-hydroxylation sites is 2. The number of alkyl halides is 1. The van der Waals surface area contributed by atoms with Gasteiger partial charge in [0.2, 0.25) is 0 Å². The lowest BCUT2D eigenvalue weighted by Crippen LogP contribution is -2.12. The molecular weight excluding hydrogens is 212 g/mol. The third-order valence-electron chi connectivity index (χ3n) is 1.63. The van der Waals surface area contributed by atoms with Crippen LogP contribution in [0.3, 0.4) is 0 Å².